The number of amides is 1. The van der Waals surface area contributed by atoms with Crippen LogP contribution in [0.4, 0.5) is 13.2 Å². The van der Waals surface area contributed by atoms with Gasteiger partial charge >= 0.3 is 12.1 Å². The predicted molar refractivity (Wildman–Crippen MR) is 77.1 cm³/mol. The summed E-state index contributed by atoms with van der Waals surface area (Å²) in [6.07, 6.45) is -4.27. The summed E-state index contributed by atoms with van der Waals surface area (Å²) in [5.41, 5.74) is -0.259. The highest BCUT2D eigenvalue weighted by Gasteiger charge is 2.31. The van der Waals surface area contributed by atoms with Crippen molar-refractivity contribution in [2.24, 2.45) is 7.05 Å². The molecule has 5 nitrogen and oxygen atoms in total. The van der Waals surface area contributed by atoms with Crippen LogP contribution in [0.25, 0.3) is 10.9 Å². The van der Waals surface area contributed by atoms with Gasteiger partial charge in [-0.3, -0.25) is 4.79 Å². The van der Waals surface area contributed by atoms with Crippen molar-refractivity contribution in [1.29, 1.82) is 0 Å². The van der Waals surface area contributed by atoms with Crippen molar-refractivity contribution in [1.82, 2.24) is 9.88 Å². The molecule has 1 amide bonds. The number of aromatic nitrogens is 1. The lowest BCUT2D eigenvalue weighted by molar-refractivity contribution is -0.139. The van der Waals surface area contributed by atoms with Crippen LogP contribution in [-0.2, 0) is 18.0 Å². The second-order valence-electron chi connectivity index (χ2n) is 5.13. The topological polar surface area (TPSA) is 71.3 Å². The van der Waals surface area contributed by atoms with E-state index >= 15 is 0 Å². The summed E-state index contributed by atoms with van der Waals surface area (Å²) < 4.78 is 39.6. The minimum Gasteiger partial charge on any atom is -0.480 e. The van der Waals surface area contributed by atoms with Crippen molar-refractivity contribution in [3.8, 4) is 0 Å². The summed E-state index contributed by atoms with van der Waals surface area (Å²) in [5.74, 6) is -1.81. The molecule has 0 bridgehead atoms. The van der Waals surface area contributed by atoms with E-state index in [2.05, 4.69) is 5.32 Å². The van der Waals surface area contributed by atoms with E-state index in [9.17, 15) is 22.8 Å². The van der Waals surface area contributed by atoms with Crippen LogP contribution in [0.5, 0.6) is 0 Å². The van der Waals surface area contributed by atoms with E-state index in [0.29, 0.717) is 5.52 Å². The zero-order chi connectivity index (χ0) is 17.4. The number of aryl methyl sites for hydroxylation is 1. The lowest BCUT2D eigenvalue weighted by atomic mass is 10.1. The Hall–Kier alpha value is -2.51. The molecule has 0 aliphatic heterocycles. The number of aliphatic carboxylic acids is 1. The van der Waals surface area contributed by atoms with Gasteiger partial charge in [0.1, 0.15) is 11.7 Å². The van der Waals surface area contributed by atoms with E-state index in [4.69, 9.17) is 5.11 Å². The van der Waals surface area contributed by atoms with E-state index in [0.717, 1.165) is 12.1 Å². The summed E-state index contributed by atoms with van der Waals surface area (Å²) in [5, 5.41) is 11.6. The van der Waals surface area contributed by atoms with Gasteiger partial charge in [-0.2, -0.15) is 13.2 Å². The fourth-order valence-corrected chi connectivity index (χ4v) is 2.31. The average molecular weight is 328 g/mol. The standard InChI is InChI=1S/C15H15F3N2O3/c1-3-10(14(22)23)19-13(21)12-7-8-6-9(15(16,17)18)4-5-11(8)20(12)2/h4-7,10H,3H2,1-2H3,(H,19,21)(H,22,23). The number of rotatable bonds is 4. The minimum absolute atomic E-state index is 0.0963. The Kier molecular flexibility index (Phi) is 4.35. The van der Waals surface area contributed by atoms with Gasteiger partial charge in [0, 0.05) is 18.0 Å². The molecule has 0 fully saturated rings. The number of carbonyl (C=O) groups excluding carboxylic acids is 1. The molecule has 1 aromatic heterocycles. The Morgan fingerprint density at radius 3 is 2.48 bits per heavy atom. The summed E-state index contributed by atoms with van der Waals surface area (Å²) in [6.45, 7) is 1.61. The van der Waals surface area contributed by atoms with Crippen LogP contribution in [0, 0.1) is 0 Å². The highest BCUT2D eigenvalue weighted by atomic mass is 19.4. The van der Waals surface area contributed by atoms with Gasteiger partial charge in [-0.15, -0.1) is 0 Å². The smallest absolute Gasteiger partial charge is 0.416 e. The van der Waals surface area contributed by atoms with Gasteiger partial charge in [0.2, 0.25) is 0 Å². The second-order valence-corrected chi connectivity index (χ2v) is 5.13. The number of carboxylic acids is 1. The Bertz CT molecular complexity index is 765. The molecule has 2 aromatic rings. The number of hydrogen-bond acceptors (Lipinski definition) is 2. The Morgan fingerprint density at radius 2 is 1.96 bits per heavy atom. The molecule has 0 spiro atoms. The molecule has 0 aliphatic rings. The fourth-order valence-electron chi connectivity index (χ4n) is 2.31. The van der Waals surface area contributed by atoms with Crippen LogP contribution in [0.2, 0.25) is 0 Å². The van der Waals surface area contributed by atoms with E-state index < -0.39 is 29.7 Å². The first-order valence-corrected chi connectivity index (χ1v) is 6.85. The maximum absolute atomic E-state index is 12.7. The monoisotopic (exact) mass is 328 g/mol. The molecule has 8 heteroatoms. The van der Waals surface area contributed by atoms with Crippen LogP contribution in [0.3, 0.4) is 0 Å². The minimum atomic E-state index is -4.47. The fraction of sp³-hybridized carbons (Fsp3) is 0.333. The van der Waals surface area contributed by atoms with Crippen molar-refractivity contribution >= 4 is 22.8 Å². The molecular formula is C15H15F3N2O3. The van der Waals surface area contributed by atoms with E-state index in [1.807, 2.05) is 0 Å². The van der Waals surface area contributed by atoms with Gasteiger partial charge in [-0.1, -0.05) is 6.92 Å². The third-order valence-electron chi connectivity index (χ3n) is 3.61. The average Bonchev–Trinajstić information content (AvgIpc) is 2.80. The highest BCUT2D eigenvalue weighted by Crippen LogP contribution is 2.32. The third-order valence-corrected chi connectivity index (χ3v) is 3.61. The van der Waals surface area contributed by atoms with Crippen molar-refractivity contribution in [2.75, 3.05) is 0 Å². The number of hydrogen-bond donors (Lipinski definition) is 2. The van der Waals surface area contributed by atoms with Crippen LogP contribution in [-0.4, -0.2) is 27.6 Å². The molecule has 2 rings (SSSR count). The molecule has 124 valence electrons. The summed E-state index contributed by atoms with van der Waals surface area (Å²) in [6, 6.07) is 3.44. The normalized spacial score (nSPS) is 13.1. The number of carboxylic acid groups (broad SMARTS) is 1. The quantitative estimate of drug-likeness (QED) is 0.906. The predicted octanol–water partition coefficient (Wildman–Crippen LogP) is 2.79. The van der Waals surface area contributed by atoms with E-state index in [1.54, 1.807) is 6.92 Å². The molecule has 2 N–H and O–H groups in total. The van der Waals surface area contributed by atoms with Crippen LogP contribution in [0.15, 0.2) is 24.3 Å². The number of halogens is 3. The second kappa shape index (κ2) is 5.94. The lowest BCUT2D eigenvalue weighted by Gasteiger charge is -2.12. The molecule has 1 heterocycles. The Morgan fingerprint density at radius 1 is 1.30 bits per heavy atom. The number of fused-ring (bicyclic) bond motifs is 1. The zero-order valence-corrected chi connectivity index (χ0v) is 12.4. The van der Waals surface area contributed by atoms with Gasteiger partial charge in [0.15, 0.2) is 0 Å². The van der Waals surface area contributed by atoms with E-state index in [1.165, 1.54) is 23.7 Å². The Labute approximate surface area is 129 Å². The number of nitrogens with one attached hydrogen (secondary N) is 1. The molecule has 1 atom stereocenters. The number of benzene rings is 1. The highest BCUT2D eigenvalue weighted by molar-refractivity contribution is 6.00. The van der Waals surface area contributed by atoms with Crippen LogP contribution in [0.1, 0.15) is 29.4 Å². The lowest BCUT2D eigenvalue weighted by Crippen LogP contribution is -2.40. The largest absolute Gasteiger partial charge is 0.480 e. The summed E-state index contributed by atoms with van der Waals surface area (Å²) in [4.78, 5) is 23.1. The van der Waals surface area contributed by atoms with Crippen LogP contribution < -0.4 is 5.32 Å². The first kappa shape index (κ1) is 16.9. The van der Waals surface area contributed by atoms with Gasteiger partial charge in [0.25, 0.3) is 5.91 Å². The number of nitrogens with zero attached hydrogens (tertiary/aromatic N) is 1. The SMILES string of the molecule is CCC(NC(=O)c1cc2cc(C(F)(F)F)ccc2n1C)C(=O)O. The van der Waals surface area contributed by atoms with Crippen molar-refractivity contribution in [3.05, 3.63) is 35.5 Å². The van der Waals surface area contributed by atoms with Gasteiger partial charge in [-0.25, -0.2) is 4.79 Å². The number of alkyl halides is 3. The molecule has 0 saturated carbocycles. The third kappa shape index (κ3) is 3.30. The van der Waals surface area contributed by atoms with Gasteiger partial charge in [-0.05, 0) is 30.7 Å². The van der Waals surface area contributed by atoms with Gasteiger partial charge in [0.05, 0.1) is 5.56 Å². The first-order valence-electron chi connectivity index (χ1n) is 6.85. The molecule has 0 saturated heterocycles. The number of carbonyl (C=O) groups is 2. The zero-order valence-electron chi connectivity index (χ0n) is 12.4. The van der Waals surface area contributed by atoms with Crippen molar-refractivity contribution < 1.29 is 27.9 Å². The molecule has 0 radical (unpaired) electrons. The summed E-state index contributed by atoms with van der Waals surface area (Å²) >= 11 is 0. The van der Waals surface area contributed by atoms with E-state index in [-0.39, 0.29) is 17.5 Å². The molecule has 0 aliphatic carbocycles. The molecule has 1 aromatic carbocycles. The maximum Gasteiger partial charge on any atom is 0.416 e. The van der Waals surface area contributed by atoms with Gasteiger partial charge < -0.3 is 15.0 Å². The molecular weight excluding hydrogens is 313 g/mol. The van der Waals surface area contributed by atoms with Crippen LogP contribution >= 0.6 is 0 Å². The van der Waals surface area contributed by atoms with Crippen molar-refractivity contribution in [2.45, 2.75) is 25.6 Å². The maximum atomic E-state index is 12.7. The summed E-state index contributed by atoms with van der Waals surface area (Å²) in [7, 11) is 1.53. The molecule has 1 unspecified atom stereocenters. The Balaban J connectivity index is 2.40. The molecule has 23 heavy (non-hydrogen) atoms. The van der Waals surface area contributed by atoms with Crippen molar-refractivity contribution in [3.63, 3.8) is 0 Å². The first-order chi connectivity index (χ1) is 10.6.